The zero-order valence-corrected chi connectivity index (χ0v) is 18.1. The van der Waals surface area contributed by atoms with Gasteiger partial charge >= 0.3 is 6.03 Å². The number of amides is 2. The minimum atomic E-state index is -3.50. The molecule has 0 spiro atoms. The van der Waals surface area contributed by atoms with E-state index in [0.717, 1.165) is 27.8 Å². The van der Waals surface area contributed by atoms with Crippen molar-refractivity contribution in [3.63, 3.8) is 0 Å². The number of aryl methyl sites for hydroxylation is 3. The molecule has 3 rings (SSSR count). The second-order valence-corrected chi connectivity index (χ2v) is 9.32. The van der Waals surface area contributed by atoms with Crippen LogP contribution in [-0.4, -0.2) is 19.4 Å². The molecule has 0 atom stereocenters. The zero-order valence-electron chi connectivity index (χ0n) is 17.3. The maximum Gasteiger partial charge on any atom is 0.319 e. The summed E-state index contributed by atoms with van der Waals surface area (Å²) in [5.74, 6) is -0.0523. The van der Waals surface area contributed by atoms with Crippen molar-refractivity contribution in [3.8, 4) is 0 Å². The van der Waals surface area contributed by atoms with E-state index < -0.39 is 9.84 Å². The van der Waals surface area contributed by atoms with E-state index >= 15 is 0 Å². The molecule has 0 unspecified atom stereocenters. The Labute approximate surface area is 177 Å². The molecule has 1 aromatic heterocycles. The topological polar surface area (TPSA) is 88.2 Å². The van der Waals surface area contributed by atoms with Crippen molar-refractivity contribution in [3.05, 3.63) is 88.7 Å². The number of benzene rings is 2. The number of pyridine rings is 1. The maximum atomic E-state index is 12.9. The van der Waals surface area contributed by atoms with E-state index in [2.05, 4.69) is 15.6 Å². The molecular weight excluding hydrogens is 398 g/mol. The second kappa shape index (κ2) is 9.09. The highest BCUT2D eigenvalue weighted by atomic mass is 32.2. The van der Waals surface area contributed by atoms with Crippen LogP contribution >= 0.6 is 0 Å². The Bertz CT molecular complexity index is 1120. The summed E-state index contributed by atoms with van der Waals surface area (Å²) in [7, 11) is -3.50. The molecule has 2 N–H and O–H groups in total. The molecule has 3 aromatic rings. The minimum Gasteiger partial charge on any atom is -0.334 e. The summed E-state index contributed by atoms with van der Waals surface area (Å²) in [6, 6.07) is 13.5. The Morgan fingerprint density at radius 2 is 1.67 bits per heavy atom. The predicted octanol–water partition coefficient (Wildman–Crippen LogP) is 4.30. The number of sulfone groups is 1. The lowest BCUT2D eigenvalue weighted by atomic mass is 10.0. The number of urea groups is 1. The molecule has 6 nitrogen and oxygen atoms in total. The van der Waals surface area contributed by atoms with E-state index in [9.17, 15) is 13.2 Å². The molecule has 7 heteroatoms. The third kappa shape index (κ3) is 5.45. The van der Waals surface area contributed by atoms with Crippen molar-refractivity contribution < 1.29 is 13.2 Å². The molecule has 0 aliphatic rings. The molecule has 2 aromatic carbocycles. The summed E-state index contributed by atoms with van der Waals surface area (Å²) in [6.07, 6.45) is 3.35. The Balaban J connectivity index is 1.65. The number of aromatic nitrogens is 1. The van der Waals surface area contributed by atoms with E-state index in [1.165, 1.54) is 12.1 Å². The number of rotatable bonds is 6. The first-order chi connectivity index (χ1) is 14.2. The van der Waals surface area contributed by atoms with Crippen molar-refractivity contribution in [1.29, 1.82) is 0 Å². The van der Waals surface area contributed by atoms with Crippen LogP contribution in [0.4, 0.5) is 10.5 Å². The van der Waals surface area contributed by atoms with Gasteiger partial charge in [0.05, 0.1) is 10.6 Å². The summed E-state index contributed by atoms with van der Waals surface area (Å²) in [5, 5.41) is 5.43. The molecule has 0 saturated carbocycles. The van der Waals surface area contributed by atoms with Crippen LogP contribution in [0.15, 0.2) is 65.8 Å². The monoisotopic (exact) mass is 423 g/mol. The van der Waals surface area contributed by atoms with E-state index in [1.807, 2.05) is 39.0 Å². The van der Waals surface area contributed by atoms with Crippen LogP contribution < -0.4 is 10.6 Å². The second-order valence-electron chi connectivity index (χ2n) is 7.33. The Kier molecular flexibility index (Phi) is 6.52. The standard InChI is InChI=1S/C23H25N3O3S/c1-16-11-17(2)22(18(3)12-16)15-30(28,29)21-8-6-20(7-9-21)26-23(27)25-14-19-5-4-10-24-13-19/h4-13H,14-15H2,1-3H3,(H2,25,26,27). The molecule has 0 bridgehead atoms. The number of nitrogens with one attached hydrogen (secondary N) is 2. The number of hydrogen-bond acceptors (Lipinski definition) is 4. The first-order valence-corrected chi connectivity index (χ1v) is 11.2. The van der Waals surface area contributed by atoms with Gasteiger partial charge in [0.25, 0.3) is 0 Å². The Morgan fingerprint density at radius 3 is 2.27 bits per heavy atom. The molecule has 0 aliphatic carbocycles. The summed E-state index contributed by atoms with van der Waals surface area (Å²) in [6.45, 7) is 6.21. The van der Waals surface area contributed by atoms with Gasteiger partial charge in [-0.2, -0.15) is 0 Å². The lowest BCUT2D eigenvalue weighted by molar-refractivity contribution is 0.251. The number of carbonyl (C=O) groups is 1. The molecule has 0 saturated heterocycles. The van der Waals surface area contributed by atoms with Gasteiger partial charge in [0, 0.05) is 24.6 Å². The highest BCUT2D eigenvalue weighted by molar-refractivity contribution is 7.90. The van der Waals surface area contributed by atoms with Gasteiger partial charge in [-0.25, -0.2) is 13.2 Å². The van der Waals surface area contributed by atoms with Crippen LogP contribution in [0.1, 0.15) is 27.8 Å². The van der Waals surface area contributed by atoms with E-state index in [4.69, 9.17) is 0 Å². The average Bonchev–Trinajstić information content (AvgIpc) is 2.70. The minimum absolute atomic E-state index is 0.0523. The highest BCUT2D eigenvalue weighted by Gasteiger charge is 2.18. The lowest BCUT2D eigenvalue weighted by Gasteiger charge is -2.13. The van der Waals surface area contributed by atoms with Crippen LogP contribution in [0, 0.1) is 20.8 Å². The maximum absolute atomic E-state index is 12.9. The highest BCUT2D eigenvalue weighted by Crippen LogP contribution is 2.24. The van der Waals surface area contributed by atoms with Crippen LogP contribution in [0.25, 0.3) is 0 Å². The first kappa shape index (κ1) is 21.5. The molecule has 1 heterocycles. The molecular formula is C23H25N3O3S. The zero-order chi connectivity index (χ0) is 21.7. The predicted molar refractivity (Wildman–Crippen MR) is 118 cm³/mol. The number of carbonyl (C=O) groups excluding carboxylic acids is 1. The molecule has 0 aliphatic heterocycles. The molecule has 0 fully saturated rings. The van der Waals surface area contributed by atoms with Gasteiger partial charge in [-0.15, -0.1) is 0 Å². The van der Waals surface area contributed by atoms with Crippen LogP contribution in [0.3, 0.4) is 0 Å². The lowest BCUT2D eigenvalue weighted by Crippen LogP contribution is -2.28. The van der Waals surface area contributed by atoms with Gasteiger partial charge in [0.1, 0.15) is 0 Å². The van der Waals surface area contributed by atoms with Crippen molar-refractivity contribution >= 4 is 21.6 Å². The van der Waals surface area contributed by atoms with Crippen molar-refractivity contribution in [2.75, 3.05) is 5.32 Å². The summed E-state index contributed by atoms with van der Waals surface area (Å²) >= 11 is 0. The SMILES string of the molecule is Cc1cc(C)c(CS(=O)(=O)c2ccc(NC(=O)NCc3cccnc3)cc2)c(C)c1. The van der Waals surface area contributed by atoms with Crippen molar-refractivity contribution in [1.82, 2.24) is 10.3 Å². The van der Waals surface area contributed by atoms with Gasteiger partial charge in [-0.3, -0.25) is 4.98 Å². The normalized spacial score (nSPS) is 11.2. The molecule has 156 valence electrons. The van der Waals surface area contributed by atoms with Gasteiger partial charge in [0.2, 0.25) is 0 Å². The van der Waals surface area contributed by atoms with Crippen LogP contribution in [0.2, 0.25) is 0 Å². The fraction of sp³-hybridized carbons (Fsp3) is 0.217. The van der Waals surface area contributed by atoms with E-state index in [0.29, 0.717) is 12.2 Å². The third-order valence-corrected chi connectivity index (χ3v) is 6.48. The molecule has 30 heavy (non-hydrogen) atoms. The quantitative estimate of drug-likeness (QED) is 0.619. The average molecular weight is 424 g/mol. The number of anilines is 1. The fourth-order valence-electron chi connectivity index (χ4n) is 3.32. The third-order valence-electron chi connectivity index (χ3n) is 4.82. The van der Waals surface area contributed by atoms with Crippen molar-refractivity contribution in [2.45, 2.75) is 38.0 Å². The smallest absolute Gasteiger partial charge is 0.319 e. The summed E-state index contributed by atoms with van der Waals surface area (Å²) < 4.78 is 25.8. The number of nitrogens with zero attached hydrogens (tertiary/aromatic N) is 1. The van der Waals surface area contributed by atoms with Gasteiger partial charge in [0.15, 0.2) is 9.84 Å². The van der Waals surface area contributed by atoms with Gasteiger partial charge in [-0.05, 0) is 73.4 Å². The van der Waals surface area contributed by atoms with Gasteiger partial charge < -0.3 is 10.6 Å². The first-order valence-electron chi connectivity index (χ1n) is 9.58. The van der Waals surface area contributed by atoms with Gasteiger partial charge in [-0.1, -0.05) is 23.8 Å². The fourth-order valence-corrected chi connectivity index (χ4v) is 4.87. The Hall–Kier alpha value is -3.19. The van der Waals surface area contributed by atoms with E-state index in [-0.39, 0.29) is 16.7 Å². The molecule has 0 radical (unpaired) electrons. The number of hydrogen-bond donors (Lipinski definition) is 2. The van der Waals surface area contributed by atoms with Crippen LogP contribution in [-0.2, 0) is 22.1 Å². The van der Waals surface area contributed by atoms with Crippen molar-refractivity contribution in [2.24, 2.45) is 0 Å². The van der Waals surface area contributed by atoms with E-state index in [1.54, 1.807) is 30.6 Å². The van der Waals surface area contributed by atoms with Crippen LogP contribution in [0.5, 0.6) is 0 Å². The summed E-state index contributed by atoms with van der Waals surface area (Å²) in [4.78, 5) is 16.3. The summed E-state index contributed by atoms with van der Waals surface area (Å²) in [5.41, 5.74) is 5.29. The Morgan fingerprint density at radius 1 is 1.00 bits per heavy atom. The largest absolute Gasteiger partial charge is 0.334 e. The molecule has 2 amide bonds.